The molecule has 0 saturated heterocycles. The van der Waals surface area contributed by atoms with Crippen molar-refractivity contribution in [3.8, 4) is 0 Å². The Balaban J connectivity index is 3.13. The normalized spacial score (nSPS) is 9.12. The van der Waals surface area contributed by atoms with Crippen molar-refractivity contribution in [1.29, 1.82) is 0 Å². The van der Waals surface area contributed by atoms with E-state index in [1.54, 1.807) is 12.1 Å². The number of hydrogen-bond donors (Lipinski definition) is 1. The highest BCUT2D eigenvalue weighted by atomic mass is 14.5. The third kappa shape index (κ3) is 0.808. The first-order valence-corrected chi connectivity index (χ1v) is 2.40. The number of nitrogens with two attached hydrogens (primary N) is 1. The van der Waals surface area contributed by atoms with Crippen molar-refractivity contribution in [1.82, 2.24) is 0 Å². The van der Waals surface area contributed by atoms with Crippen LogP contribution in [0.2, 0.25) is 0 Å². The zero-order valence-corrected chi connectivity index (χ0v) is 4.46. The summed E-state index contributed by atoms with van der Waals surface area (Å²) in [6.45, 7) is 5.39. The van der Waals surface area contributed by atoms with Crippen LogP contribution in [0.5, 0.6) is 0 Å². The van der Waals surface area contributed by atoms with E-state index in [1.165, 1.54) is 0 Å². The number of para-hydroxylation sites is 1. The van der Waals surface area contributed by atoms with Gasteiger partial charge >= 0.3 is 0 Å². The molecular weight excluding hydrogens is 98.1 g/mol. The van der Waals surface area contributed by atoms with Gasteiger partial charge in [0, 0.05) is 12.6 Å². The first-order chi connectivity index (χ1) is 3.80. The van der Waals surface area contributed by atoms with E-state index in [0.717, 1.165) is 0 Å². The van der Waals surface area contributed by atoms with Gasteiger partial charge in [0.15, 0.2) is 0 Å². The predicted molar refractivity (Wildman–Crippen MR) is 34.3 cm³/mol. The summed E-state index contributed by atoms with van der Waals surface area (Å²) in [5.74, 6) is 0. The van der Waals surface area contributed by atoms with E-state index in [2.05, 4.69) is 0 Å². The second kappa shape index (κ2) is 1.86. The molecule has 0 aromatic heterocycles. The van der Waals surface area contributed by atoms with Crippen molar-refractivity contribution in [3.63, 3.8) is 0 Å². The van der Waals surface area contributed by atoms with Gasteiger partial charge in [0.2, 0.25) is 0 Å². The molecule has 40 valence electrons. The van der Waals surface area contributed by atoms with E-state index in [4.69, 9.17) is 12.7 Å². The van der Waals surface area contributed by atoms with Gasteiger partial charge < -0.3 is 5.73 Å². The highest BCUT2D eigenvalue weighted by Crippen LogP contribution is 2.06. The van der Waals surface area contributed by atoms with Crippen molar-refractivity contribution in [2.24, 2.45) is 0 Å². The molecular formula is C7H7N. The number of rotatable bonds is 0. The van der Waals surface area contributed by atoms with Crippen molar-refractivity contribution in [2.75, 3.05) is 5.73 Å². The van der Waals surface area contributed by atoms with Crippen LogP contribution in [0.15, 0.2) is 24.3 Å². The fourth-order valence-corrected chi connectivity index (χ4v) is 0.511. The fraction of sp³-hybridized carbons (Fsp3) is 0. The second-order valence-corrected chi connectivity index (χ2v) is 1.63. The van der Waals surface area contributed by atoms with Crippen LogP contribution in [0.1, 0.15) is 5.56 Å². The molecule has 1 heteroatoms. The summed E-state index contributed by atoms with van der Waals surface area (Å²) in [5, 5.41) is 0. The van der Waals surface area contributed by atoms with Crippen LogP contribution >= 0.6 is 0 Å². The number of nitrogen functional groups attached to an aromatic ring is 1. The van der Waals surface area contributed by atoms with Gasteiger partial charge in [-0.25, -0.2) is 0 Å². The van der Waals surface area contributed by atoms with Gasteiger partial charge in [0.25, 0.3) is 0 Å². The molecule has 0 aliphatic heterocycles. The summed E-state index contributed by atoms with van der Waals surface area (Å²) in [4.78, 5) is 0. The molecule has 1 aromatic rings. The fourth-order valence-electron chi connectivity index (χ4n) is 0.511. The Hall–Kier alpha value is -0.980. The Morgan fingerprint density at radius 3 is 2.25 bits per heavy atom. The largest absolute Gasteiger partial charge is 0.398 e. The minimum absolute atomic E-state index is 0.646. The molecule has 0 bridgehead atoms. The van der Waals surface area contributed by atoms with Gasteiger partial charge in [-0.2, -0.15) is 0 Å². The number of benzene rings is 1. The van der Waals surface area contributed by atoms with E-state index < -0.39 is 0 Å². The number of hydrogen-bond acceptors (Lipinski definition) is 1. The Kier molecular flexibility index (Phi) is 1.20. The summed E-state index contributed by atoms with van der Waals surface area (Å²) in [7, 11) is 0. The minimum atomic E-state index is 0.646. The van der Waals surface area contributed by atoms with Crippen LogP contribution < -0.4 is 5.73 Å². The molecule has 0 atom stereocenters. The molecule has 0 unspecified atom stereocenters. The summed E-state index contributed by atoms with van der Waals surface area (Å²) >= 11 is 0. The molecule has 0 aliphatic carbocycles. The van der Waals surface area contributed by atoms with Crippen LogP contribution in [0.3, 0.4) is 0 Å². The van der Waals surface area contributed by atoms with E-state index in [1.807, 2.05) is 12.1 Å². The molecule has 2 N–H and O–H groups in total. The van der Waals surface area contributed by atoms with Crippen molar-refractivity contribution in [3.05, 3.63) is 36.8 Å². The van der Waals surface area contributed by atoms with E-state index in [9.17, 15) is 0 Å². The summed E-state index contributed by atoms with van der Waals surface area (Å²) in [6, 6.07) is 7.25. The standard InChI is InChI=1S/C7H7N/c1-6-4-2-3-5-7(6)8/h1-5H,8H2. The maximum absolute atomic E-state index is 5.39. The molecule has 1 aromatic carbocycles. The van der Waals surface area contributed by atoms with Crippen LogP contribution in [-0.4, -0.2) is 0 Å². The van der Waals surface area contributed by atoms with Crippen LogP contribution in [-0.2, 0) is 0 Å². The van der Waals surface area contributed by atoms with Gasteiger partial charge in [-0.15, -0.1) is 0 Å². The van der Waals surface area contributed by atoms with Gasteiger partial charge in [-0.1, -0.05) is 18.2 Å². The van der Waals surface area contributed by atoms with Crippen molar-refractivity contribution >= 4 is 5.69 Å². The monoisotopic (exact) mass is 105 g/mol. The first-order valence-electron chi connectivity index (χ1n) is 2.40. The molecule has 8 heavy (non-hydrogen) atoms. The molecule has 1 nitrogen and oxygen atoms in total. The van der Waals surface area contributed by atoms with E-state index >= 15 is 0 Å². The van der Waals surface area contributed by atoms with Crippen molar-refractivity contribution < 1.29 is 0 Å². The topological polar surface area (TPSA) is 26.0 Å². The second-order valence-electron chi connectivity index (χ2n) is 1.63. The smallest absolute Gasteiger partial charge is 0.0349 e. The highest BCUT2D eigenvalue weighted by Gasteiger charge is 1.85. The van der Waals surface area contributed by atoms with Crippen LogP contribution in [0.25, 0.3) is 0 Å². The first kappa shape index (κ1) is 5.16. The maximum Gasteiger partial charge on any atom is 0.0349 e. The van der Waals surface area contributed by atoms with E-state index in [0.29, 0.717) is 11.3 Å². The lowest BCUT2D eigenvalue weighted by atomic mass is 10.2. The zero-order valence-electron chi connectivity index (χ0n) is 4.46. The highest BCUT2D eigenvalue weighted by molar-refractivity contribution is 5.47. The Bertz CT molecular complexity index is 160. The quantitative estimate of drug-likeness (QED) is 0.495. The molecule has 0 amide bonds. The average molecular weight is 105 g/mol. The summed E-state index contributed by atoms with van der Waals surface area (Å²) in [6.07, 6.45) is 0. The molecule has 0 saturated carbocycles. The average Bonchev–Trinajstić information content (AvgIpc) is 1.77. The molecule has 0 aliphatic rings. The molecule has 0 fully saturated rings. The molecule has 0 heterocycles. The lowest BCUT2D eigenvalue weighted by molar-refractivity contribution is 1.60. The molecule has 2 radical (unpaired) electrons. The van der Waals surface area contributed by atoms with Crippen molar-refractivity contribution in [2.45, 2.75) is 0 Å². The van der Waals surface area contributed by atoms with Crippen LogP contribution in [0, 0.1) is 6.92 Å². The van der Waals surface area contributed by atoms with E-state index in [-0.39, 0.29) is 0 Å². The van der Waals surface area contributed by atoms with Gasteiger partial charge in [0.05, 0.1) is 0 Å². The van der Waals surface area contributed by atoms with Gasteiger partial charge in [-0.3, -0.25) is 0 Å². The molecule has 1 rings (SSSR count). The predicted octanol–water partition coefficient (Wildman–Crippen LogP) is 1.33. The van der Waals surface area contributed by atoms with Gasteiger partial charge in [0.1, 0.15) is 0 Å². The Morgan fingerprint density at radius 2 is 1.88 bits per heavy atom. The third-order valence-electron chi connectivity index (χ3n) is 0.996. The van der Waals surface area contributed by atoms with Crippen LogP contribution in [0.4, 0.5) is 5.69 Å². The lowest BCUT2D eigenvalue weighted by Crippen LogP contribution is -1.85. The summed E-state index contributed by atoms with van der Waals surface area (Å²) in [5.41, 5.74) is 6.69. The zero-order chi connectivity index (χ0) is 5.98. The lowest BCUT2D eigenvalue weighted by Gasteiger charge is -1.93. The SMILES string of the molecule is [CH]c1ccccc1N. The summed E-state index contributed by atoms with van der Waals surface area (Å²) < 4.78 is 0. The van der Waals surface area contributed by atoms with Gasteiger partial charge in [-0.05, 0) is 11.6 Å². The molecule has 0 spiro atoms. The number of anilines is 1. The third-order valence-corrected chi connectivity index (χ3v) is 0.996. The Labute approximate surface area is 49.1 Å². The minimum Gasteiger partial charge on any atom is -0.398 e. The Morgan fingerprint density at radius 1 is 1.25 bits per heavy atom. The maximum atomic E-state index is 5.39.